The van der Waals surface area contributed by atoms with Gasteiger partial charge in [0.2, 0.25) is 11.8 Å². The van der Waals surface area contributed by atoms with Gasteiger partial charge in [-0.3, -0.25) is 14.2 Å². The zero-order valence-electron chi connectivity index (χ0n) is 47.1. The molecular weight excluding hydrogens is 1120 g/mol. The Morgan fingerprint density at radius 1 is 0.630 bits per heavy atom. The Morgan fingerprint density at radius 3 is 1.47 bits per heavy atom. The predicted molar refractivity (Wildman–Crippen MR) is 306 cm³/mol. The molecule has 2 atom stereocenters. The number of amides is 1. The number of carbonyl (C=O) groups excluding carboxylic acids is 1. The number of pyridine rings is 2. The van der Waals surface area contributed by atoms with Crippen molar-refractivity contribution in [1.82, 2.24) is 53.8 Å². The summed E-state index contributed by atoms with van der Waals surface area (Å²) in [5.74, 6) is 1.14. The highest BCUT2D eigenvalue weighted by atomic mass is 35.5. The van der Waals surface area contributed by atoms with Crippen LogP contribution in [-0.4, -0.2) is 96.1 Å². The number of hydrogen-bond acceptors (Lipinski definition) is 14. The maximum atomic E-state index is 12.8. The molecule has 4 N–H and O–H groups in total. The lowest BCUT2D eigenvalue weighted by molar-refractivity contribution is 0.0696. The fourth-order valence-electron chi connectivity index (χ4n) is 10.5. The Bertz CT molecular complexity index is 3380. The van der Waals surface area contributed by atoms with Gasteiger partial charge in [0.15, 0.2) is 21.7 Å². The van der Waals surface area contributed by atoms with Crippen molar-refractivity contribution in [2.45, 2.75) is 167 Å². The molecule has 10 rings (SSSR count). The number of rotatable bonds is 23. The minimum atomic E-state index is -4.19. The summed E-state index contributed by atoms with van der Waals surface area (Å²) in [5.41, 5.74) is 1.74. The minimum Gasteiger partial charge on any atom is -0.478 e. The van der Waals surface area contributed by atoms with Crippen LogP contribution in [0.15, 0.2) is 83.4 Å². The van der Waals surface area contributed by atoms with Crippen molar-refractivity contribution in [2.24, 2.45) is 38.6 Å². The molecule has 6 heterocycles. The van der Waals surface area contributed by atoms with E-state index in [2.05, 4.69) is 71.9 Å². The number of carboxylic acids is 1. The second-order valence-corrected chi connectivity index (χ2v) is 28.3. The number of aromatic carboxylic acids is 1. The van der Waals surface area contributed by atoms with Gasteiger partial charge in [0.05, 0.1) is 24.3 Å². The van der Waals surface area contributed by atoms with Gasteiger partial charge in [0.25, 0.3) is 26.0 Å². The number of sulfonamides is 2. The zero-order chi connectivity index (χ0) is 58.4. The Hall–Kier alpha value is -5.88. The van der Waals surface area contributed by atoms with Gasteiger partial charge < -0.3 is 14.6 Å². The number of aromatic nitrogens is 10. The number of carboxylic acid groups (broad SMARTS) is 1. The van der Waals surface area contributed by atoms with Crippen molar-refractivity contribution in [1.29, 1.82) is 0 Å². The topological polar surface area (TPSA) is 276 Å². The van der Waals surface area contributed by atoms with Crippen LogP contribution in [0.25, 0.3) is 11.6 Å². The van der Waals surface area contributed by atoms with Gasteiger partial charge in [-0.15, -0.1) is 10.2 Å². The van der Waals surface area contributed by atoms with Gasteiger partial charge >= 0.3 is 5.97 Å². The van der Waals surface area contributed by atoms with Gasteiger partial charge in [0, 0.05) is 50.0 Å². The van der Waals surface area contributed by atoms with E-state index in [1.54, 1.807) is 52.4 Å². The molecule has 81 heavy (non-hydrogen) atoms. The second-order valence-electron chi connectivity index (χ2n) is 24.5. The summed E-state index contributed by atoms with van der Waals surface area (Å²) >= 11 is 12.1. The fourth-order valence-corrected chi connectivity index (χ4v) is 12.3. The normalized spacial score (nSPS) is 19.2. The number of hydrogen-bond donors (Lipinski definition) is 3. The highest BCUT2D eigenvalue weighted by molar-refractivity contribution is 7.90. The van der Waals surface area contributed by atoms with Crippen LogP contribution in [0.5, 0.6) is 11.8 Å². The van der Waals surface area contributed by atoms with Crippen LogP contribution < -0.4 is 19.3 Å². The highest BCUT2D eigenvalue weighted by Crippen LogP contribution is 2.49. The molecule has 4 fully saturated rings. The summed E-state index contributed by atoms with van der Waals surface area (Å²) < 4.78 is 67.6. The van der Waals surface area contributed by atoms with Gasteiger partial charge in [-0.05, 0) is 173 Å². The molecule has 0 saturated heterocycles. The maximum Gasteiger partial charge on any atom is 0.338 e. The smallest absolute Gasteiger partial charge is 0.338 e. The van der Waals surface area contributed by atoms with E-state index in [0.717, 1.165) is 51.0 Å². The van der Waals surface area contributed by atoms with Crippen molar-refractivity contribution in [3.05, 3.63) is 94.8 Å². The molecule has 1 amide bonds. The molecule has 0 bridgehead atoms. The van der Waals surface area contributed by atoms with E-state index in [1.165, 1.54) is 104 Å². The van der Waals surface area contributed by atoms with Crippen LogP contribution >= 0.6 is 23.2 Å². The number of ether oxygens (including phenoxy) is 2. The lowest BCUT2D eigenvalue weighted by Crippen LogP contribution is -2.31. The minimum absolute atomic E-state index is 0.0346. The first-order chi connectivity index (χ1) is 38.1. The monoisotopic (exact) mass is 1190 g/mol. The largest absolute Gasteiger partial charge is 0.478 e. The summed E-state index contributed by atoms with van der Waals surface area (Å²) in [6, 6.07) is 12.2. The molecule has 0 spiro atoms. The van der Waals surface area contributed by atoms with Crippen molar-refractivity contribution < 1.29 is 41.0 Å². The maximum absolute atomic E-state index is 12.8. The van der Waals surface area contributed by atoms with Crippen molar-refractivity contribution in [2.75, 3.05) is 13.2 Å². The Morgan fingerprint density at radius 2 is 1.07 bits per heavy atom. The van der Waals surface area contributed by atoms with Crippen molar-refractivity contribution in [3.8, 4) is 23.4 Å². The molecule has 440 valence electrons. The molecule has 21 nitrogen and oxygen atoms in total. The molecule has 4 aliphatic carbocycles. The molecule has 6 aromatic rings. The van der Waals surface area contributed by atoms with E-state index < -0.39 is 31.9 Å². The summed E-state index contributed by atoms with van der Waals surface area (Å²) in [7, 11) is -7.86. The first-order valence-corrected chi connectivity index (χ1v) is 31.5. The first kappa shape index (κ1) is 61.2. The van der Waals surface area contributed by atoms with E-state index in [0.29, 0.717) is 70.7 Å². The van der Waals surface area contributed by atoms with Gasteiger partial charge in [0.1, 0.15) is 10.3 Å². The quantitative estimate of drug-likeness (QED) is 0.0397. The standard InChI is InChI=1S/C28H37ClN6O4S.C16H18ClN3O3.C12H21N3O2S/c1-27(2)12-7-20(19-27)8-15-34-16-10-24(32-34)40(37,38)33-26(36)21-5-6-22(30-25(21)29)35-17-9-23(31-35)39-18-4-11-28(3)13-14-28;1-16(7-8-16)6-2-10-23-13-5-9-20(19-13)12-4-3-11(15(21)22)14(17)18-12;1-12(2)6-3-10(9-12)4-7-15-8-5-11(14-15)18(13,16)17/h5-6,9-10,16-17,20H,4,7-8,11-15,18-19H2,1-3H3,(H,33,36);3-5,9H,2,6-8,10H2,1H3,(H,21,22);5,8,10H,3-4,6-7,9H2,1-2H3,(H2,13,16,17). The van der Waals surface area contributed by atoms with Gasteiger partial charge in [-0.25, -0.2) is 42.4 Å². The molecule has 25 heteroatoms. The average Bonchev–Trinajstić information content (AvgIpc) is 3.97. The number of primary sulfonamides is 1. The molecule has 0 radical (unpaired) electrons. The Balaban J connectivity index is 0.000000177. The highest BCUT2D eigenvalue weighted by Gasteiger charge is 2.37. The van der Waals surface area contributed by atoms with Crippen LogP contribution in [0.2, 0.25) is 10.3 Å². The third-order valence-electron chi connectivity index (χ3n) is 16.0. The summed E-state index contributed by atoms with van der Waals surface area (Å²) in [4.78, 5) is 32.0. The summed E-state index contributed by atoms with van der Waals surface area (Å²) in [5, 5.41) is 30.3. The van der Waals surface area contributed by atoms with E-state index in [1.807, 2.05) is 4.72 Å². The van der Waals surface area contributed by atoms with E-state index in [4.69, 9.17) is 42.9 Å². The first-order valence-electron chi connectivity index (χ1n) is 27.8. The molecule has 4 saturated carbocycles. The van der Waals surface area contributed by atoms with Crippen LogP contribution in [0.4, 0.5) is 0 Å². The zero-order valence-corrected chi connectivity index (χ0v) is 50.2. The summed E-state index contributed by atoms with van der Waals surface area (Å²) in [6.07, 6.45) is 25.5. The predicted octanol–water partition coefficient (Wildman–Crippen LogP) is 10.7. The van der Waals surface area contributed by atoms with E-state index in [9.17, 15) is 26.4 Å². The second kappa shape index (κ2) is 25.3. The third-order valence-corrected chi connectivity index (χ3v) is 18.6. The summed E-state index contributed by atoms with van der Waals surface area (Å²) in [6.45, 7) is 16.4. The lowest BCUT2D eigenvalue weighted by atomic mass is 9.90. The molecule has 0 aliphatic heterocycles. The third kappa shape index (κ3) is 17.8. The van der Waals surface area contributed by atoms with Crippen molar-refractivity contribution >= 4 is 55.1 Å². The Labute approximate surface area is 484 Å². The SMILES string of the molecule is CC1(C)CCC(CCn2ccc(S(=O)(=O)NC(=O)c3ccc(-n4ccc(OCCCC5(C)CC5)n4)nc3Cl)n2)C1.CC1(C)CCC(CCn2ccc(S(N)(=O)=O)n2)C1.CC1(CCCOc2ccn(-c3ccc(C(=O)O)c(Cl)n3)n2)CC1. The average molecular weight is 1200 g/mol. The molecule has 2 unspecified atom stereocenters. The number of aryl methyl sites for hydroxylation is 2. The van der Waals surface area contributed by atoms with Crippen molar-refractivity contribution in [3.63, 3.8) is 0 Å². The van der Waals surface area contributed by atoms with Crippen LogP contribution in [0.3, 0.4) is 0 Å². The number of halogens is 2. The molecule has 0 aromatic carbocycles. The van der Waals surface area contributed by atoms with Crippen LogP contribution in [0, 0.1) is 33.5 Å². The fraction of sp³-hybridized carbons (Fsp3) is 0.571. The van der Waals surface area contributed by atoms with Crippen LogP contribution in [-0.2, 0) is 33.1 Å². The van der Waals surface area contributed by atoms with E-state index in [-0.39, 0.29) is 31.5 Å². The molecule has 6 aromatic heterocycles. The number of nitrogens with two attached hydrogens (primary N) is 1. The van der Waals surface area contributed by atoms with Gasteiger partial charge in [-0.2, -0.15) is 18.6 Å². The van der Waals surface area contributed by atoms with E-state index >= 15 is 0 Å². The van der Waals surface area contributed by atoms with Crippen LogP contribution in [0.1, 0.15) is 165 Å². The molecule has 4 aliphatic rings. The number of carbonyl (C=O) groups is 2. The number of nitrogens with zero attached hydrogens (tertiary/aromatic N) is 10. The lowest BCUT2D eigenvalue weighted by Gasteiger charge is -2.17. The molecular formula is C56H76Cl2N12O9S2. The number of nitrogens with one attached hydrogen (secondary N) is 1. The van der Waals surface area contributed by atoms with Gasteiger partial charge in [-0.1, -0.05) is 64.7 Å². The Kier molecular flexibility index (Phi) is 19.1.